The smallest absolute Gasteiger partial charge is 0.170 e. The zero-order valence-electron chi connectivity index (χ0n) is 10.2. The molecule has 0 aliphatic heterocycles. The van der Waals surface area contributed by atoms with Crippen molar-refractivity contribution in [1.29, 1.82) is 0 Å². The summed E-state index contributed by atoms with van der Waals surface area (Å²) in [5.41, 5.74) is 0.818. The first-order chi connectivity index (χ1) is 8.99. The Kier molecular flexibility index (Phi) is 3.96. The Morgan fingerprint density at radius 2 is 1.89 bits per heavy atom. The van der Waals surface area contributed by atoms with Gasteiger partial charge in [-0.3, -0.25) is 4.79 Å². The van der Waals surface area contributed by atoms with Crippen LogP contribution in [0.1, 0.15) is 21.5 Å². The third-order valence-corrected chi connectivity index (χ3v) is 3.18. The topological polar surface area (TPSA) is 17.1 Å². The van der Waals surface area contributed by atoms with E-state index in [1.165, 1.54) is 30.3 Å². The lowest BCUT2D eigenvalue weighted by Gasteiger charge is -2.07. The third-order valence-electron chi connectivity index (χ3n) is 2.82. The second-order valence-corrected chi connectivity index (χ2v) is 4.69. The molecule has 2 aromatic rings. The van der Waals surface area contributed by atoms with Gasteiger partial charge in [0.2, 0.25) is 0 Å². The van der Waals surface area contributed by atoms with Crippen molar-refractivity contribution in [3.05, 3.63) is 69.7 Å². The van der Waals surface area contributed by atoms with E-state index < -0.39 is 17.4 Å². The molecule has 2 rings (SSSR count). The fourth-order valence-electron chi connectivity index (χ4n) is 1.81. The van der Waals surface area contributed by atoms with Gasteiger partial charge in [-0.25, -0.2) is 8.78 Å². The van der Waals surface area contributed by atoms with Gasteiger partial charge in [-0.15, -0.1) is 0 Å². The zero-order valence-corrected chi connectivity index (χ0v) is 11.0. The summed E-state index contributed by atoms with van der Waals surface area (Å²) in [5, 5.41) is 0.168. The van der Waals surface area contributed by atoms with Gasteiger partial charge in [0, 0.05) is 17.0 Å². The van der Waals surface area contributed by atoms with Gasteiger partial charge < -0.3 is 0 Å². The van der Waals surface area contributed by atoms with E-state index >= 15 is 0 Å². The molecule has 0 fully saturated rings. The number of hydrogen-bond acceptors (Lipinski definition) is 1. The lowest BCUT2D eigenvalue weighted by atomic mass is 10.0. The number of Topliss-reactive ketones (excluding diaryl/α,β-unsaturated/α-hetero) is 1. The van der Waals surface area contributed by atoms with E-state index in [1.807, 2.05) is 0 Å². The van der Waals surface area contributed by atoms with Crippen molar-refractivity contribution >= 4 is 17.4 Å². The Morgan fingerprint density at radius 1 is 1.16 bits per heavy atom. The van der Waals surface area contributed by atoms with Crippen LogP contribution < -0.4 is 0 Å². The average molecular weight is 281 g/mol. The first kappa shape index (κ1) is 13.7. The summed E-state index contributed by atoms with van der Waals surface area (Å²) in [6.45, 7) is 1.76. The predicted molar refractivity (Wildman–Crippen MR) is 70.6 cm³/mol. The van der Waals surface area contributed by atoms with E-state index in [9.17, 15) is 13.6 Å². The molecule has 0 atom stereocenters. The number of hydrogen-bond donors (Lipinski definition) is 0. The molecule has 0 unspecified atom stereocenters. The third kappa shape index (κ3) is 2.99. The van der Waals surface area contributed by atoms with Crippen molar-refractivity contribution in [2.75, 3.05) is 0 Å². The van der Waals surface area contributed by atoms with Crippen LogP contribution in [0.25, 0.3) is 0 Å². The minimum atomic E-state index is -0.608. The maximum Gasteiger partial charge on any atom is 0.170 e. The fraction of sp³-hybridized carbons (Fsp3) is 0.133. The normalized spacial score (nSPS) is 10.5. The lowest BCUT2D eigenvalue weighted by molar-refractivity contribution is 0.0988. The molecule has 0 aromatic heterocycles. The summed E-state index contributed by atoms with van der Waals surface area (Å²) in [6.07, 6.45) is -0.258. The Morgan fingerprint density at radius 3 is 2.58 bits per heavy atom. The fourth-order valence-corrected chi connectivity index (χ4v) is 2.04. The molecule has 0 aliphatic carbocycles. The van der Waals surface area contributed by atoms with Gasteiger partial charge in [-0.05, 0) is 31.2 Å². The summed E-state index contributed by atoms with van der Waals surface area (Å²) in [6, 6.07) is 8.43. The van der Waals surface area contributed by atoms with Crippen LogP contribution >= 0.6 is 11.6 Å². The second kappa shape index (κ2) is 5.49. The van der Waals surface area contributed by atoms with Crippen LogP contribution in [0.3, 0.4) is 0 Å². The highest BCUT2D eigenvalue weighted by atomic mass is 35.5. The van der Waals surface area contributed by atoms with Crippen LogP contribution in [-0.2, 0) is 6.42 Å². The quantitative estimate of drug-likeness (QED) is 0.764. The number of halogens is 3. The van der Waals surface area contributed by atoms with E-state index in [4.69, 9.17) is 11.6 Å². The SMILES string of the molecule is Cc1ccc(F)c(C(=O)Cc2c(F)cccc2Cl)c1. The molecule has 0 aliphatic rings. The van der Waals surface area contributed by atoms with E-state index in [0.29, 0.717) is 0 Å². The number of aryl methyl sites for hydroxylation is 1. The first-order valence-electron chi connectivity index (χ1n) is 5.71. The van der Waals surface area contributed by atoms with Crippen LogP contribution in [0.5, 0.6) is 0 Å². The number of rotatable bonds is 3. The molecule has 0 amide bonds. The second-order valence-electron chi connectivity index (χ2n) is 4.28. The Hall–Kier alpha value is -1.74. The molecular weight excluding hydrogens is 270 g/mol. The molecule has 0 spiro atoms. The molecule has 1 nitrogen and oxygen atoms in total. The largest absolute Gasteiger partial charge is 0.294 e. The summed E-state index contributed by atoms with van der Waals surface area (Å²) < 4.78 is 27.2. The van der Waals surface area contributed by atoms with Crippen LogP contribution in [0.2, 0.25) is 5.02 Å². The minimum absolute atomic E-state index is 0.0423. The summed E-state index contributed by atoms with van der Waals surface area (Å²) in [7, 11) is 0. The van der Waals surface area contributed by atoms with Crippen molar-refractivity contribution in [1.82, 2.24) is 0 Å². The van der Waals surface area contributed by atoms with Gasteiger partial charge in [-0.1, -0.05) is 29.3 Å². The average Bonchev–Trinajstić information content (AvgIpc) is 2.37. The number of benzene rings is 2. The Labute approximate surface area is 114 Å². The standard InChI is InChI=1S/C15H11ClF2O/c1-9-5-6-14(18)11(7-9)15(19)8-10-12(16)3-2-4-13(10)17/h2-7H,8H2,1H3. The van der Waals surface area contributed by atoms with E-state index in [-0.39, 0.29) is 22.6 Å². The maximum absolute atomic E-state index is 13.6. The molecule has 0 saturated carbocycles. The van der Waals surface area contributed by atoms with Gasteiger partial charge in [0.05, 0.1) is 5.56 Å². The van der Waals surface area contributed by atoms with Crippen molar-refractivity contribution in [3.63, 3.8) is 0 Å². The highest BCUT2D eigenvalue weighted by Gasteiger charge is 2.16. The van der Waals surface area contributed by atoms with E-state index in [0.717, 1.165) is 5.56 Å². The Bertz CT molecular complexity index is 618. The highest BCUT2D eigenvalue weighted by Crippen LogP contribution is 2.22. The molecule has 98 valence electrons. The Balaban J connectivity index is 2.34. The van der Waals surface area contributed by atoms with Crippen LogP contribution in [0.15, 0.2) is 36.4 Å². The molecule has 19 heavy (non-hydrogen) atoms. The van der Waals surface area contributed by atoms with Crippen LogP contribution in [0, 0.1) is 18.6 Å². The van der Waals surface area contributed by atoms with Crippen molar-refractivity contribution < 1.29 is 13.6 Å². The first-order valence-corrected chi connectivity index (χ1v) is 6.09. The maximum atomic E-state index is 13.6. The summed E-state index contributed by atoms with van der Waals surface area (Å²) in [5.74, 6) is -1.66. The summed E-state index contributed by atoms with van der Waals surface area (Å²) in [4.78, 5) is 12.0. The molecule has 2 aromatic carbocycles. The van der Waals surface area contributed by atoms with Gasteiger partial charge >= 0.3 is 0 Å². The lowest BCUT2D eigenvalue weighted by Crippen LogP contribution is -2.08. The summed E-state index contributed by atoms with van der Waals surface area (Å²) >= 11 is 5.85. The highest BCUT2D eigenvalue weighted by molar-refractivity contribution is 6.31. The predicted octanol–water partition coefficient (Wildman–Crippen LogP) is 4.35. The molecule has 0 N–H and O–H groups in total. The number of ketones is 1. The monoisotopic (exact) mass is 280 g/mol. The van der Waals surface area contributed by atoms with E-state index in [1.54, 1.807) is 13.0 Å². The van der Waals surface area contributed by atoms with Crippen molar-refractivity contribution in [2.24, 2.45) is 0 Å². The van der Waals surface area contributed by atoms with E-state index in [2.05, 4.69) is 0 Å². The van der Waals surface area contributed by atoms with Gasteiger partial charge in [0.1, 0.15) is 11.6 Å². The molecule has 0 bridgehead atoms. The zero-order chi connectivity index (χ0) is 14.0. The molecule has 0 saturated heterocycles. The molecular formula is C15H11ClF2O. The number of carbonyl (C=O) groups is 1. The molecule has 4 heteroatoms. The van der Waals surface area contributed by atoms with Crippen LogP contribution in [0.4, 0.5) is 8.78 Å². The van der Waals surface area contributed by atoms with Gasteiger partial charge in [0.15, 0.2) is 5.78 Å². The molecule has 0 radical (unpaired) electrons. The minimum Gasteiger partial charge on any atom is -0.294 e. The van der Waals surface area contributed by atoms with Gasteiger partial charge in [-0.2, -0.15) is 0 Å². The van der Waals surface area contributed by atoms with Crippen molar-refractivity contribution in [3.8, 4) is 0 Å². The number of carbonyl (C=O) groups excluding carboxylic acids is 1. The van der Waals surface area contributed by atoms with Gasteiger partial charge in [0.25, 0.3) is 0 Å². The molecule has 0 heterocycles. The van der Waals surface area contributed by atoms with Crippen LogP contribution in [-0.4, -0.2) is 5.78 Å². The van der Waals surface area contributed by atoms with Crippen molar-refractivity contribution in [2.45, 2.75) is 13.3 Å².